The second-order valence-electron chi connectivity index (χ2n) is 3.94. The molecule has 19 heavy (non-hydrogen) atoms. The summed E-state index contributed by atoms with van der Waals surface area (Å²) in [6.45, 7) is 0.355. The van der Waals surface area contributed by atoms with E-state index in [9.17, 15) is 8.78 Å². The molecule has 0 aliphatic rings. The lowest BCUT2D eigenvalue weighted by Gasteiger charge is -2.09. The molecule has 100 valence electrons. The van der Waals surface area contributed by atoms with Crippen molar-refractivity contribution in [1.82, 2.24) is 0 Å². The predicted octanol–water partition coefficient (Wildman–Crippen LogP) is 2.85. The first-order valence-electron chi connectivity index (χ1n) is 5.63. The van der Waals surface area contributed by atoms with Crippen molar-refractivity contribution in [3.63, 3.8) is 0 Å². The molecule has 0 saturated carbocycles. The second-order valence-corrected chi connectivity index (χ2v) is 4.38. The Morgan fingerprint density at radius 2 is 2.00 bits per heavy atom. The van der Waals surface area contributed by atoms with Crippen molar-refractivity contribution in [3.05, 3.63) is 53.5 Å². The summed E-state index contributed by atoms with van der Waals surface area (Å²) >= 11 is 4.68. The maximum Gasteiger partial charge on any atom is 0.150 e. The number of hydrogen-bond donors (Lipinski definition) is 2. The lowest BCUT2D eigenvalue weighted by molar-refractivity contribution is 0.512. The highest BCUT2D eigenvalue weighted by molar-refractivity contribution is 7.80. The quantitative estimate of drug-likeness (QED) is 0.828. The van der Waals surface area contributed by atoms with E-state index in [1.165, 1.54) is 0 Å². The number of thiocarbonyl (C=S) groups is 1. The Kier molecular flexibility index (Phi) is 4.11. The first-order valence-corrected chi connectivity index (χ1v) is 6.04. The van der Waals surface area contributed by atoms with Crippen molar-refractivity contribution in [1.29, 1.82) is 0 Å². The summed E-state index contributed by atoms with van der Waals surface area (Å²) in [7, 11) is 0. The molecule has 0 radical (unpaired) electrons. The molecule has 0 aliphatic heterocycles. The Labute approximate surface area is 114 Å². The van der Waals surface area contributed by atoms with Gasteiger partial charge in [-0.3, -0.25) is 0 Å². The van der Waals surface area contributed by atoms with Crippen LogP contribution in [0.4, 0.5) is 14.5 Å². The molecule has 0 unspecified atom stereocenters. The Hall–Kier alpha value is -1.95. The van der Waals surface area contributed by atoms with Crippen molar-refractivity contribution < 1.29 is 13.2 Å². The first-order chi connectivity index (χ1) is 9.08. The zero-order valence-corrected chi connectivity index (χ0v) is 10.8. The molecule has 6 heteroatoms. The van der Waals surface area contributed by atoms with E-state index >= 15 is 0 Å². The molecule has 1 heterocycles. The van der Waals surface area contributed by atoms with Gasteiger partial charge in [-0.1, -0.05) is 12.2 Å². The normalized spacial score (nSPS) is 10.4. The van der Waals surface area contributed by atoms with Gasteiger partial charge in [-0.05, 0) is 24.3 Å². The smallest absolute Gasteiger partial charge is 0.150 e. The second kappa shape index (κ2) is 5.79. The molecule has 0 atom stereocenters. The third-order valence-corrected chi connectivity index (χ3v) is 2.82. The van der Waals surface area contributed by atoms with Gasteiger partial charge in [-0.2, -0.15) is 0 Å². The van der Waals surface area contributed by atoms with E-state index in [0.29, 0.717) is 13.0 Å². The summed E-state index contributed by atoms with van der Waals surface area (Å²) in [6.07, 6.45) is 2.08. The summed E-state index contributed by atoms with van der Waals surface area (Å²) in [4.78, 5) is -0.0417. The average Bonchev–Trinajstić information content (AvgIpc) is 2.85. The Morgan fingerprint density at radius 3 is 2.53 bits per heavy atom. The van der Waals surface area contributed by atoms with E-state index in [-0.39, 0.29) is 16.2 Å². The molecular formula is C13H12F2N2OS. The van der Waals surface area contributed by atoms with Crippen molar-refractivity contribution in [2.45, 2.75) is 6.42 Å². The monoisotopic (exact) mass is 282 g/mol. The molecular weight excluding hydrogens is 270 g/mol. The molecule has 3 nitrogen and oxygen atoms in total. The molecule has 0 aliphatic carbocycles. The van der Waals surface area contributed by atoms with Crippen LogP contribution >= 0.6 is 12.2 Å². The SMILES string of the molecule is NC(=S)c1cc(F)c(NCCc2ccco2)c(F)c1. The summed E-state index contributed by atoms with van der Waals surface area (Å²) in [5.41, 5.74) is 5.31. The molecule has 2 aromatic rings. The average molecular weight is 282 g/mol. The van der Waals surface area contributed by atoms with E-state index in [0.717, 1.165) is 17.9 Å². The topological polar surface area (TPSA) is 51.2 Å². The number of halogens is 2. The molecule has 0 spiro atoms. The Balaban J connectivity index is 2.06. The molecule has 3 N–H and O–H groups in total. The van der Waals surface area contributed by atoms with E-state index in [4.69, 9.17) is 10.2 Å². The van der Waals surface area contributed by atoms with Crippen LogP contribution < -0.4 is 11.1 Å². The third kappa shape index (κ3) is 3.29. The zero-order valence-electron chi connectivity index (χ0n) is 9.95. The van der Waals surface area contributed by atoms with Crippen LogP contribution in [0.3, 0.4) is 0 Å². The standard InChI is InChI=1S/C13H12F2N2OS/c14-10-6-8(13(16)19)7-11(15)12(10)17-4-3-9-2-1-5-18-9/h1-2,5-7,17H,3-4H2,(H2,16,19). The minimum Gasteiger partial charge on any atom is -0.469 e. The van der Waals surface area contributed by atoms with Gasteiger partial charge in [-0.25, -0.2) is 8.78 Å². The molecule has 1 aromatic carbocycles. The largest absolute Gasteiger partial charge is 0.469 e. The minimum absolute atomic E-state index is 0.0417. The van der Waals surface area contributed by atoms with E-state index in [1.807, 2.05) is 0 Å². The molecule has 0 amide bonds. The van der Waals surface area contributed by atoms with E-state index < -0.39 is 11.6 Å². The third-order valence-electron chi connectivity index (χ3n) is 2.58. The van der Waals surface area contributed by atoms with Crippen molar-refractivity contribution in [2.24, 2.45) is 5.73 Å². The Bertz CT molecular complexity index is 561. The number of nitrogens with one attached hydrogen (secondary N) is 1. The fourth-order valence-corrected chi connectivity index (χ4v) is 1.77. The molecule has 0 bridgehead atoms. The fourth-order valence-electron chi connectivity index (χ4n) is 1.65. The van der Waals surface area contributed by atoms with Gasteiger partial charge in [-0.15, -0.1) is 0 Å². The zero-order chi connectivity index (χ0) is 13.8. The summed E-state index contributed by atoms with van der Waals surface area (Å²) < 4.78 is 32.5. The fraction of sp³-hybridized carbons (Fsp3) is 0.154. The molecule has 0 saturated heterocycles. The van der Waals surface area contributed by atoms with Crippen LogP contribution in [-0.4, -0.2) is 11.5 Å². The predicted molar refractivity (Wildman–Crippen MR) is 73.1 cm³/mol. The number of benzene rings is 1. The number of hydrogen-bond acceptors (Lipinski definition) is 3. The lowest BCUT2D eigenvalue weighted by atomic mass is 10.2. The lowest BCUT2D eigenvalue weighted by Crippen LogP contribution is -2.13. The summed E-state index contributed by atoms with van der Waals surface area (Å²) in [6, 6.07) is 5.78. The first kappa shape index (κ1) is 13.5. The number of nitrogens with two attached hydrogens (primary N) is 1. The van der Waals surface area contributed by atoms with Crippen LogP contribution in [0.2, 0.25) is 0 Å². The van der Waals surface area contributed by atoms with Crippen LogP contribution in [0.15, 0.2) is 34.9 Å². The van der Waals surface area contributed by atoms with Crippen LogP contribution in [0, 0.1) is 11.6 Å². The minimum atomic E-state index is -0.720. The van der Waals surface area contributed by atoms with Gasteiger partial charge in [0.2, 0.25) is 0 Å². The highest BCUT2D eigenvalue weighted by Gasteiger charge is 2.12. The summed E-state index contributed by atoms with van der Waals surface area (Å²) in [5.74, 6) is -0.697. The molecule has 2 rings (SSSR count). The highest BCUT2D eigenvalue weighted by Crippen LogP contribution is 2.20. The number of anilines is 1. The maximum absolute atomic E-state index is 13.7. The Morgan fingerprint density at radius 1 is 1.32 bits per heavy atom. The van der Waals surface area contributed by atoms with E-state index in [2.05, 4.69) is 17.5 Å². The summed E-state index contributed by atoms with van der Waals surface area (Å²) in [5, 5.41) is 2.69. The van der Waals surface area contributed by atoms with Crippen LogP contribution in [0.25, 0.3) is 0 Å². The number of rotatable bonds is 5. The molecule has 0 fully saturated rings. The van der Waals surface area contributed by atoms with E-state index in [1.54, 1.807) is 18.4 Å². The van der Waals surface area contributed by atoms with Gasteiger partial charge in [0.15, 0.2) is 0 Å². The van der Waals surface area contributed by atoms with Crippen LogP contribution in [0.5, 0.6) is 0 Å². The van der Waals surface area contributed by atoms with Gasteiger partial charge in [0.25, 0.3) is 0 Å². The van der Waals surface area contributed by atoms with Crippen molar-refractivity contribution in [3.8, 4) is 0 Å². The number of furan rings is 1. The highest BCUT2D eigenvalue weighted by atomic mass is 32.1. The van der Waals surface area contributed by atoms with Gasteiger partial charge in [0.1, 0.15) is 28.1 Å². The van der Waals surface area contributed by atoms with Crippen molar-refractivity contribution >= 4 is 22.9 Å². The van der Waals surface area contributed by atoms with Gasteiger partial charge in [0, 0.05) is 18.5 Å². The van der Waals surface area contributed by atoms with Gasteiger partial charge in [0.05, 0.1) is 6.26 Å². The maximum atomic E-state index is 13.7. The van der Waals surface area contributed by atoms with Crippen LogP contribution in [-0.2, 0) is 6.42 Å². The van der Waals surface area contributed by atoms with Gasteiger partial charge < -0.3 is 15.5 Å². The van der Waals surface area contributed by atoms with Crippen LogP contribution in [0.1, 0.15) is 11.3 Å². The van der Waals surface area contributed by atoms with Crippen molar-refractivity contribution in [2.75, 3.05) is 11.9 Å². The van der Waals surface area contributed by atoms with Gasteiger partial charge >= 0.3 is 0 Å². The molecule has 1 aromatic heterocycles.